The molecular weight excluding hydrogens is 421 g/mol. The second-order valence-electron chi connectivity index (χ2n) is 8.12. The molecule has 7 heteroatoms. The lowest BCUT2D eigenvalue weighted by Crippen LogP contribution is -2.28. The highest BCUT2D eigenvalue weighted by molar-refractivity contribution is 5.89. The Morgan fingerprint density at radius 2 is 1.85 bits per heavy atom. The lowest BCUT2D eigenvalue weighted by atomic mass is 10.1. The maximum atomic E-state index is 13.8. The van der Waals surface area contributed by atoms with Crippen molar-refractivity contribution in [3.63, 3.8) is 0 Å². The second kappa shape index (κ2) is 8.94. The molecule has 2 N–H and O–H groups in total. The highest BCUT2D eigenvalue weighted by Gasteiger charge is 2.20. The molecule has 0 aliphatic heterocycles. The SMILES string of the molecule is CCNC(=O)Nc1ccc(Oc2c(C)cc(F)cc2C)c(-n2cc(C)c(=O)c3c2C=CC3)c1. The largest absolute Gasteiger partial charge is 0.455 e. The van der Waals surface area contributed by atoms with Crippen molar-refractivity contribution in [1.82, 2.24) is 9.88 Å². The number of amides is 2. The molecule has 0 spiro atoms. The Morgan fingerprint density at radius 1 is 1.12 bits per heavy atom. The van der Waals surface area contributed by atoms with E-state index in [0.717, 1.165) is 11.3 Å². The van der Waals surface area contributed by atoms with Gasteiger partial charge in [0.15, 0.2) is 11.2 Å². The maximum absolute atomic E-state index is 13.8. The molecule has 0 fully saturated rings. The number of rotatable bonds is 5. The molecule has 33 heavy (non-hydrogen) atoms. The number of benzene rings is 2. The van der Waals surface area contributed by atoms with E-state index >= 15 is 0 Å². The zero-order valence-corrected chi connectivity index (χ0v) is 19.1. The number of nitrogens with one attached hydrogen (secondary N) is 2. The van der Waals surface area contributed by atoms with Gasteiger partial charge in [-0.05, 0) is 81.7 Å². The quantitative estimate of drug-likeness (QED) is 0.550. The Labute approximate surface area is 191 Å². The molecule has 0 radical (unpaired) electrons. The van der Waals surface area contributed by atoms with Crippen LogP contribution in [-0.4, -0.2) is 17.1 Å². The highest BCUT2D eigenvalue weighted by Crippen LogP contribution is 2.36. The number of urea groups is 1. The van der Waals surface area contributed by atoms with Crippen molar-refractivity contribution in [2.24, 2.45) is 0 Å². The van der Waals surface area contributed by atoms with Crippen LogP contribution in [-0.2, 0) is 6.42 Å². The molecule has 0 unspecified atom stereocenters. The average Bonchev–Trinajstić information content (AvgIpc) is 3.24. The number of aromatic nitrogens is 1. The molecule has 0 saturated carbocycles. The molecule has 4 rings (SSSR count). The fourth-order valence-electron chi connectivity index (χ4n) is 4.06. The molecule has 2 aromatic carbocycles. The van der Waals surface area contributed by atoms with Gasteiger partial charge in [0.1, 0.15) is 11.6 Å². The standard InChI is InChI=1S/C26H26FN3O3/c1-5-28-26(32)29-19-9-10-23(33-25-15(2)11-18(27)12-16(25)3)22(13-19)30-14-17(4)24(31)20-7-6-8-21(20)30/h6,8-14H,5,7H2,1-4H3,(H2,28,29,32). The van der Waals surface area contributed by atoms with Crippen LogP contribution in [0.3, 0.4) is 0 Å². The van der Waals surface area contributed by atoms with Crippen molar-refractivity contribution >= 4 is 17.8 Å². The number of hydrogen-bond donors (Lipinski definition) is 2. The third kappa shape index (κ3) is 4.39. The van der Waals surface area contributed by atoms with Crippen LogP contribution in [0.25, 0.3) is 11.8 Å². The van der Waals surface area contributed by atoms with E-state index in [1.54, 1.807) is 45.2 Å². The van der Waals surface area contributed by atoms with Gasteiger partial charge in [-0.2, -0.15) is 0 Å². The fraction of sp³-hybridized carbons (Fsp3) is 0.231. The maximum Gasteiger partial charge on any atom is 0.319 e. The summed E-state index contributed by atoms with van der Waals surface area (Å²) in [6, 6.07) is 7.84. The van der Waals surface area contributed by atoms with Gasteiger partial charge in [0.2, 0.25) is 0 Å². The topological polar surface area (TPSA) is 72.4 Å². The third-order valence-corrected chi connectivity index (χ3v) is 5.57. The Balaban J connectivity index is 1.88. The molecule has 170 valence electrons. The first-order valence-electron chi connectivity index (χ1n) is 10.8. The summed E-state index contributed by atoms with van der Waals surface area (Å²) in [5.41, 5.74) is 4.69. The summed E-state index contributed by atoms with van der Waals surface area (Å²) in [4.78, 5) is 24.7. The minimum Gasteiger partial charge on any atom is -0.455 e. The first-order valence-corrected chi connectivity index (χ1v) is 10.8. The first kappa shape index (κ1) is 22.3. The van der Waals surface area contributed by atoms with E-state index in [-0.39, 0.29) is 17.3 Å². The number of carbonyl (C=O) groups is 1. The number of anilines is 1. The van der Waals surface area contributed by atoms with Gasteiger partial charge in [0.05, 0.1) is 11.4 Å². The minimum atomic E-state index is -0.321. The summed E-state index contributed by atoms with van der Waals surface area (Å²) in [6.07, 6.45) is 6.21. The first-order chi connectivity index (χ1) is 15.8. The molecular formula is C26H26FN3O3. The van der Waals surface area contributed by atoms with E-state index in [4.69, 9.17) is 4.74 Å². The lowest BCUT2D eigenvalue weighted by Gasteiger charge is -2.20. The molecule has 6 nitrogen and oxygen atoms in total. The minimum absolute atomic E-state index is 0.0237. The fourth-order valence-corrected chi connectivity index (χ4v) is 4.06. The van der Waals surface area contributed by atoms with E-state index in [2.05, 4.69) is 10.6 Å². The van der Waals surface area contributed by atoms with Crippen molar-refractivity contribution in [3.8, 4) is 17.2 Å². The lowest BCUT2D eigenvalue weighted by molar-refractivity contribution is 0.252. The van der Waals surface area contributed by atoms with Crippen molar-refractivity contribution in [2.45, 2.75) is 34.1 Å². The summed E-state index contributed by atoms with van der Waals surface area (Å²) in [5, 5.41) is 5.53. The van der Waals surface area contributed by atoms with E-state index in [1.165, 1.54) is 12.1 Å². The number of ether oxygens (including phenoxy) is 1. The number of nitrogens with zero attached hydrogens (tertiary/aromatic N) is 1. The number of carbonyl (C=O) groups excluding carboxylic acids is 1. The van der Waals surface area contributed by atoms with Crippen molar-refractivity contribution in [2.75, 3.05) is 11.9 Å². The molecule has 3 aromatic rings. The van der Waals surface area contributed by atoms with E-state index in [1.807, 2.05) is 23.6 Å². The highest BCUT2D eigenvalue weighted by atomic mass is 19.1. The van der Waals surface area contributed by atoms with Crippen LogP contribution in [0.15, 0.2) is 47.4 Å². The van der Waals surface area contributed by atoms with Crippen LogP contribution < -0.4 is 20.8 Å². The van der Waals surface area contributed by atoms with Gasteiger partial charge in [-0.1, -0.05) is 6.08 Å². The third-order valence-electron chi connectivity index (χ3n) is 5.57. The number of allylic oxidation sites excluding steroid dienone is 1. The Hall–Kier alpha value is -3.87. The summed E-state index contributed by atoms with van der Waals surface area (Å²) < 4.78 is 22.0. The molecule has 0 atom stereocenters. The summed E-state index contributed by atoms with van der Waals surface area (Å²) in [6.45, 7) is 7.71. The van der Waals surface area contributed by atoms with Gasteiger partial charge in [0.25, 0.3) is 0 Å². The van der Waals surface area contributed by atoms with Crippen LogP contribution in [0, 0.1) is 26.6 Å². The summed E-state index contributed by atoms with van der Waals surface area (Å²) in [7, 11) is 0. The molecule has 1 heterocycles. The smallest absolute Gasteiger partial charge is 0.319 e. The predicted octanol–water partition coefficient (Wildman–Crippen LogP) is 5.40. The number of fused-ring (bicyclic) bond motifs is 1. The van der Waals surface area contributed by atoms with Crippen LogP contribution in [0.5, 0.6) is 11.5 Å². The van der Waals surface area contributed by atoms with E-state index in [0.29, 0.717) is 52.5 Å². The summed E-state index contributed by atoms with van der Waals surface area (Å²) >= 11 is 0. The Kier molecular flexibility index (Phi) is 6.05. The van der Waals surface area contributed by atoms with Gasteiger partial charge < -0.3 is 19.9 Å². The normalized spacial score (nSPS) is 11.9. The molecule has 1 aromatic heterocycles. The van der Waals surface area contributed by atoms with Crippen LogP contribution in [0.2, 0.25) is 0 Å². The van der Waals surface area contributed by atoms with Gasteiger partial charge in [-0.3, -0.25) is 4.79 Å². The number of aryl methyl sites for hydroxylation is 3. The molecule has 2 amide bonds. The number of hydrogen-bond acceptors (Lipinski definition) is 3. The van der Waals surface area contributed by atoms with E-state index in [9.17, 15) is 14.0 Å². The van der Waals surface area contributed by atoms with Crippen LogP contribution in [0.1, 0.15) is 34.9 Å². The molecule has 0 saturated heterocycles. The van der Waals surface area contributed by atoms with Crippen LogP contribution in [0.4, 0.5) is 14.9 Å². The Bertz CT molecular complexity index is 1320. The van der Waals surface area contributed by atoms with Gasteiger partial charge in [0, 0.05) is 29.6 Å². The van der Waals surface area contributed by atoms with Gasteiger partial charge >= 0.3 is 6.03 Å². The van der Waals surface area contributed by atoms with Crippen molar-refractivity contribution in [1.29, 1.82) is 0 Å². The zero-order chi connectivity index (χ0) is 23.7. The van der Waals surface area contributed by atoms with Crippen molar-refractivity contribution < 1.29 is 13.9 Å². The van der Waals surface area contributed by atoms with E-state index < -0.39 is 0 Å². The van der Waals surface area contributed by atoms with Gasteiger partial charge in [-0.25, -0.2) is 9.18 Å². The number of pyridine rings is 1. The average molecular weight is 448 g/mol. The van der Waals surface area contributed by atoms with Crippen LogP contribution >= 0.6 is 0 Å². The molecule has 0 bridgehead atoms. The molecule has 1 aliphatic rings. The predicted molar refractivity (Wildman–Crippen MR) is 128 cm³/mol. The zero-order valence-electron chi connectivity index (χ0n) is 19.1. The summed E-state index contributed by atoms with van der Waals surface area (Å²) in [5.74, 6) is 0.755. The second-order valence-corrected chi connectivity index (χ2v) is 8.12. The number of halogens is 1. The molecule has 1 aliphatic carbocycles. The van der Waals surface area contributed by atoms with Crippen molar-refractivity contribution in [3.05, 3.63) is 86.6 Å². The van der Waals surface area contributed by atoms with Gasteiger partial charge in [-0.15, -0.1) is 0 Å². The Morgan fingerprint density at radius 3 is 2.55 bits per heavy atom. The monoisotopic (exact) mass is 447 g/mol.